The maximum atomic E-state index is 13.0. The standard InChI is InChI=1S/C28H30N2O7/c1-17-13-20(23-15-25(36-4)29-16-24(23)26(32)30(3)10-11-31)8-9-22(17)28(35)37-21-7-5-6-19(14-21)12-18(2)27(33)34/h5-9,13-16,18,31H,10-12H2,1-4H3,(H,33,34). The first-order chi connectivity index (χ1) is 17.6. The molecule has 0 saturated heterocycles. The molecule has 1 amide bonds. The first-order valence-corrected chi connectivity index (χ1v) is 11.7. The molecule has 1 unspecified atom stereocenters. The molecule has 9 heteroatoms. The summed E-state index contributed by atoms with van der Waals surface area (Å²) >= 11 is 0. The summed E-state index contributed by atoms with van der Waals surface area (Å²) < 4.78 is 10.8. The summed E-state index contributed by atoms with van der Waals surface area (Å²) in [4.78, 5) is 42.6. The van der Waals surface area contributed by atoms with Crippen LogP contribution in [-0.4, -0.2) is 65.3 Å². The number of aliphatic hydroxyl groups excluding tert-OH is 1. The maximum Gasteiger partial charge on any atom is 0.343 e. The number of carboxylic acid groups (broad SMARTS) is 1. The Bertz CT molecular complexity index is 1310. The molecule has 3 aromatic rings. The number of nitrogens with zero attached hydrogens (tertiary/aromatic N) is 2. The first-order valence-electron chi connectivity index (χ1n) is 11.7. The second kappa shape index (κ2) is 12.1. The number of pyridine rings is 1. The normalized spacial score (nSPS) is 11.5. The number of hydrogen-bond acceptors (Lipinski definition) is 7. The van der Waals surface area contributed by atoms with Crippen LogP contribution in [0.1, 0.15) is 38.8 Å². The van der Waals surface area contributed by atoms with E-state index in [9.17, 15) is 19.5 Å². The average molecular weight is 507 g/mol. The first kappa shape index (κ1) is 27.3. The highest BCUT2D eigenvalue weighted by Crippen LogP contribution is 2.29. The molecule has 1 atom stereocenters. The van der Waals surface area contributed by atoms with Gasteiger partial charge in [-0.25, -0.2) is 9.78 Å². The minimum Gasteiger partial charge on any atom is -0.481 e. The van der Waals surface area contributed by atoms with E-state index < -0.39 is 17.9 Å². The van der Waals surface area contributed by atoms with E-state index >= 15 is 0 Å². The van der Waals surface area contributed by atoms with E-state index in [1.54, 1.807) is 69.4 Å². The molecule has 2 aromatic carbocycles. The number of aliphatic hydroxyl groups is 1. The summed E-state index contributed by atoms with van der Waals surface area (Å²) in [7, 11) is 3.07. The number of methoxy groups -OCH3 is 1. The summed E-state index contributed by atoms with van der Waals surface area (Å²) in [5.41, 5.74) is 3.32. The molecule has 0 saturated carbocycles. The highest BCUT2D eigenvalue weighted by Gasteiger charge is 2.20. The van der Waals surface area contributed by atoms with Crippen LogP contribution in [0.25, 0.3) is 11.1 Å². The molecule has 0 fully saturated rings. The van der Waals surface area contributed by atoms with Crippen LogP contribution >= 0.6 is 0 Å². The van der Waals surface area contributed by atoms with Crippen LogP contribution in [0, 0.1) is 12.8 Å². The van der Waals surface area contributed by atoms with Gasteiger partial charge in [0.2, 0.25) is 5.88 Å². The molecule has 0 aliphatic rings. The van der Waals surface area contributed by atoms with Gasteiger partial charge in [-0.2, -0.15) is 0 Å². The van der Waals surface area contributed by atoms with Crippen LogP contribution in [0.15, 0.2) is 54.7 Å². The van der Waals surface area contributed by atoms with Gasteiger partial charge < -0.3 is 24.6 Å². The number of amides is 1. The van der Waals surface area contributed by atoms with E-state index in [4.69, 9.17) is 14.6 Å². The largest absolute Gasteiger partial charge is 0.481 e. The summed E-state index contributed by atoms with van der Waals surface area (Å²) in [6, 6.07) is 13.6. The Balaban J connectivity index is 1.88. The van der Waals surface area contributed by atoms with Gasteiger partial charge in [-0.1, -0.05) is 31.2 Å². The molecule has 0 radical (unpaired) electrons. The van der Waals surface area contributed by atoms with Crippen LogP contribution in [0.2, 0.25) is 0 Å². The number of benzene rings is 2. The van der Waals surface area contributed by atoms with E-state index in [0.717, 1.165) is 5.56 Å². The van der Waals surface area contributed by atoms with Gasteiger partial charge in [-0.3, -0.25) is 9.59 Å². The van der Waals surface area contributed by atoms with Gasteiger partial charge in [0.25, 0.3) is 5.91 Å². The Morgan fingerprint density at radius 3 is 2.49 bits per heavy atom. The molecule has 3 rings (SSSR count). The van der Waals surface area contributed by atoms with E-state index in [0.29, 0.717) is 45.9 Å². The Kier molecular flexibility index (Phi) is 8.97. The van der Waals surface area contributed by atoms with Gasteiger partial charge in [-0.15, -0.1) is 0 Å². The number of aryl methyl sites for hydroxylation is 1. The summed E-state index contributed by atoms with van der Waals surface area (Å²) in [6.07, 6.45) is 1.75. The third-order valence-electron chi connectivity index (χ3n) is 5.93. The van der Waals surface area contributed by atoms with E-state index in [1.807, 2.05) is 0 Å². The van der Waals surface area contributed by atoms with E-state index in [-0.39, 0.29) is 19.1 Å². The number of ether oxygens (including phenoxy) is 2. The Morgan fingerprint density at radius 1 is 1.08 bits per heavy atom. The number of aromatic nitrogens is 1. The predicted molar refractivity (Wildman–Crippen MR) is 137 cm³/mol. The lowest BCUT2D eigenvalue weighted by Gasteiger charge is -2.18. The van der Waals surface area contributed by atoms with Crippen molar-refractivity contribution in [2.75, 3.05) is 27.3 Å². The van der Waals surface area contributed by atoms with Gasteiger partial charge in [0.15, 0.2) is 0 Å². The minimum atomic E-state index is -0.894. The quantitative estimate of drug-likeness (QED) is 0.315. The van der Waals surface area contributed by atoms with Crippen LogP contribution in [-0.2, 0) is 11.2 Å². The smallest absolute Gasteiger partial charge is 0.343 e. The zero-order chi connectivity index (χ0) is 27.1. The van der Waals surface area contributed by atoms with Crippen molar-refractivity contribution in [2.45, 2.75) is 20.3 Å². The fraction of sp³-hybridized carbons (Fsp3) is 0.286. The molecule has 0 aliphatic carbocycles. The molecule has 9 nitrogen and oxygen atoms in total. The maximum absolute atomic E-state index is 13.0. The molecule has 1 heterocycles. The summed E-state index contributed by atoms with van der Waals surface area (Å²) in [5.74, 6) is -1.67. The van der Waals surface area contributed by atoms with Crippen molar-refractivity contribution in [3.05, 3.63) is 77.0 Å². The molecular formula is C28H30N2O7. The van der Waals surface area contributed by atoms with Crippen molar-refractivity contribution >= 4 is 17.8 Å². The highest BCUT2D eigenvalue weighted by atomic mass is 16.5. The third-order valence-corrected chi connectivity index (χ3v) is 5.93. The van der Waals surface area contributed by atoms with Crippen molar-refractivity contribution < 1.29 is 34.1 Å². The van der Waals surface area contributed by atoms with Gasteiger partial charge in [-0.05, 0) is 48.2 Å². The SMILES string of the molecule is COc1cc(-c2ccc(C(=O)Oc3cccc(CC(C)C(=O)O)c3)c(C)c2)c(C(=O)N(C)CCO)cn1. The number of esters is 1. The van der Waals surface area contributed by atoms with Crippen LogP contribution < -0.4 is 9.47 Å². The highest BCUT2D eigenvalue weighted by molar-refractivity contribution is 6.01. The number of carboxylic acids is 1. The van der Waals surface area contributed by atoms with Crippen molar-refractivity contribution in [3.8, 4) is 22.8 Å². The predicted octanol–water partition coefficient (Wildman–Crippen LogP) is 3.61. The second-order valence-electron chi connectivity index (χ2n) is 8.73. The van der Waals surface area contributed by atoms with E-state index in [2.05, 4.69) is 4.98 Å². The summed E-state index contributed by atoms with van der Waals surface area (Å²) in [5, 5.41) is 18.3. The molecule has 194 valence electrons. The molecular weight excluding hydrogens is 476 g/mol. The van der Waals surface area contributed by atoms with Crippen molar-refractivity contribution in [2.24, 2.45) is 5.92 Å². The van der Waals surface area contributed by atoms with Crippen molar-refractivity contribution in [3.63, 3.8) is 0 Å². The average Bonchev–Trinajstić information content (AvgIpc) is 2.88. The van der Waals surface area contributed by atoms with Crippen LogP contribution in [0.3, 0.4) is 0 Å². The topological polar surface area (TPSA) is 126 Å². The Morgan fingerprint density at radius 2 is 1.84 bits per heavy atom. The monoisotopic (exact) mass is 506 g/mol. The van der Waals surface area contributed by atoms with Crippen molar-refractivity contribution in [1.29, 1.82) is 0 Å². The van der Waals surface area contributed by atoms with Gasteiger partial charge >= 0.3 is 11.9 Å². The molecule has 0 spiro atoms. The second-order valence-corrected chi connectivity index (χ2v) is 8.73. The van der Waals surface area contributed by atoms with Crippen molar-refractivity contribution in [1.82, 2.24) is 9.88 Å². The lowest BCUT2D eigenvalue weighted by molar-refractivity contribution is -0.141. The fourth-order valence-electron chi connectivity index (χ4n) is 3.81. The van der Waals surface area contributed by atoms with E-state index in [1.165, 1.54) is 18.2 Å². The van der Waals surface area contributed by atoms with Crippen LogP contribution in [0.4, 0.5) is 0 Å². The molecule has 1 aromatic heterocycles. The zero-order valence-corrected chi connectivity index (χ0v) is 21.2. The zero-order valence-electron chi connectivity index (χ0n) is 21.2. The van der Waals surface area contributed by atoms with Gasteiger partial charge in [0, 0.05) is 31.4 Å². The molecule has 0 bridgehead atoms. The lowest BCUT2D eigenvalue weighted by atomic mass is 9.96. The van der Waals surface area contributed by atoms with Gasteiger partial charge in [0.1, 0.15) is 5.75 Å². The Hall–Kier alpha value is -4.24. The number of carbonyl (C=O) groups excluding carboxylic acids is 2. The summed E-state index contributed by atoms with van der Waals surface area (Å²) in [6.45, 7) is 3.39. The number of hydrogen-bond donors (Lipinski definition) is 2. The third kappa shape index (κ3) is 6.71. The van der Waals surface area contributed by atoms with Crippen LogP contribution in [0.5, 0.6) is 11.6 Å². The molecule has 37 heavy (non-hydrogen) atoms. The molecule has 2 N–H and O–H groups in total. The number of aliphatic carboxylic acids is 1. The lowest BCUT2D eigenvalue weighted by Crippen LogP contribution is -2.30. The minimum absolute atomic E-state index is 0.168. The number of rotatable bonds is 10. The Labute approximate surface area is 215 Å². The fourth-order valence-corrected chi connectivity index (χ4v) is 3.81. The number of likely N-dealkylation sites (N-methyl/N-ethyl adjacent to an activating group) is 1. The van der Waals surface area contributed by atoms with Gasteiger partial charge in [0.05, 0.1) is 30.8 Å². The molecule has 0 aliphatic heterocycles. The number of carbonyl (C=O) groups is 3.